The first-order valence-electron chi connectivity index (χ1n) is 9.27. The van der Waals surface area contributed by atoms with Crippen LogP contribution in [0.2, 0.25) is 0 Å². The van der Waals surface area contributed by atoms with Gasteiger partial charge in [0.05, 0.1) is 21.3 Å². The number of benzene rings is 2. The number of nitrogens with zero attached hydrogens (tertiary/aromatic N) is 1. The normalized spacial score (nSPS) is 11.2. The largest absolute Gasteiger partial charge is 0.493 e. The Kier molecular flexibility index (Phi) is 8.99. The third-order valence-electron chi connectivity index (χ3n) is 4.28. The number of aliphatic imine (C=N–C) groups is 1. The molecule has 0 aliphatic heterocycles. The van der Waals surface area contributed by atoms with Gasteiger partial charge in [0.2, 0.25) is 0 Å². The highest BCUT2D eigenvalue weighted by Gasteiger charge is 2.11. The SMILES string of the molecule is CN=C(NCCc1ccc(OC)c(OC)c1)NCc1ccc(OC)c(OC(F)F)c1. The van der Waals surface area contributed by atoms with Crippen molar-refractivity contribution in [3.05, 3.63) is 47.5 Å². The van der Waals surface area contributed by atoms with E-state index >= 15 is 0 Å². The molecule has 2 N–H and O–H groups in total. The van der Waals surface area contributed by atoms with Crippen molar-refractivity contribution in [2.75, 3.05) is 34.9 Å². The molecule has 0 saturated carbocycles. The number of guanidine groups is 1. The minimum absolute atomic E-state index is 0.0109. The van der Waals surface area contributed by atoms with Crippen LogP contribution in [-0.4, -0.2) is 47.5 Å². The van der Waals surface area contributed by atoms with Gasteiger partial charge in [-0.15, -0.1) is 0 Å². The number of rotatable bonds is 10. The van der Waals surface area contributed by atoms with Crippen molar-refractivity contribution in [1.29, 1.82) is 0 Å². The zero-order valence-electron chi connectivity index (χ0n) is 17.5. The lowest BCUT2D eigenvalue weighted by Crippen LogP contribution is -2.37. The quantitative estimate of drug-likeness (QED) is 0.452. The highest BCUT2D eigenvalue weighted by atomic mass is 19.3. The Balaban J connectivity index is 1.89. The van der Waals surface area contributed by atoms with Crippen LogP contribution < -0.4 is 29.6 Å². The van der Waals surface area contributed by atoms with E-state index in [0.717, 1.165) is 17.5 Å². The second-order valence-corrected chi connectivity index (χ2v) is 6.16. The van der Waals surface area contributed by atoms with Crippen molar-refractivity contribution in [3.8, 4) is 23.0 Å². The van der Waals surface area contributed by atoms with E-state index in [1.165, 1.54) is 13.2 Å². The van der Waals surface area contributed by atoms with Gasteiger partial charge in [-0.05, 0) is 41.8 Å². The predicted octanol–water partition coefficient (Wildman–Crippen LogP) is 3.22. The Bertz CT molecular complexity index is 847. The van der Waals surface area contributed by atoms with Gasteiger partial charge in [0.25, 0.3) is 0 Å². The average molecular weight is 423 g/mol. The van der Waals surface area contributed by atoms with Crippen LogP contribution in [0.15, 0.2) is 41.4 Å². The van der Waals surface area contributed by atoms with E-state index in [0.29, 0.717) is 30.5 Å². The Hall–Kier alpha value is -3.23. The maximum absolute atomic E-state index is 12.6. The second kappa shape index (κ2) is 11.7. The summed E-state index contributed by atoms with van der Waals surface area (Å²) in [5, 5.41) is 6.36. The van der Waals surface area contributed by atoms with Gasteiger partial charge >= 0.3 is 6.61 Å². The Morgan fingerprint density at radius 2 is 1.47 bits per heavy atom. The van der Waals surface area contributed by atoms with Crippen LogP contribution in [0.3, 0.4) is 0 Å². The maximum atomic E-state index is 12.6. The van der Waals surface area contributed by atoms with Crippen molar-refractivity contribution in [1.82, 2.24) is 10.6 Å². The van der Waals surface area contributed by atoms with E-state index in [1.807, 2.05) is 18.2 Å². The van der Waals surface area contributed by atoms with Crippen molar-refractivity contribution in [3.63, 3.8) is 0 Å². The summed E-state index contributed by atoms with van der Waals surface area (Å²) in [6.45, 7) is -1.91. The summed E-state index contributed by atoms with van der Waals surface area (Å²) < 4.78 is 45.2. The summed E-state index contributed by atoms with van der Waals surface area (Å²) in [7, 11) is 6.25. The van der Waals surface area contributed by atoms with Crippen LogP contribution in [-0.2, 0) is 13.0 Å². The van der Waals surface area contributed by atoms with Gasteiger partial charge in [0, 0.05) is 20.1 Å². The van der Waals surface area contributed by atoms with Gasteiger partial charge in [0.1, 0.15) is 0 Å². The fraction of sp³-hybridized carbons (Fsp3) is 0.381. The number of methoxy groups -OCH3 is 3. The summed E-state index contributed by atoms with van der Waals surface area (Å²) in [4.78, 5) is 4.17. The molecule has 0 radical (unpaired) electrons. The number of ether oxygens (including phenoxy) is 4. The second-order valence-electron chi connectivity index (χ2n) is 6.16. The van der Waals surface area contributed by atoms with Crippen molar-refractivity contribution >= 4 is 5.96 Å². The molecule has 2 rings (SSSR count). The van der Waals surface area contributed by atoms with E-state index in [1.54, 1.807) is 33.4 Å². The van der Waals surface area contributed by atoms with Crippen LogP contribution in [0.5, 0.6) is 23.0 Å². The van der Waals surface area contributed by atoms with Gasteiger partial charge in [-0.2, -0.15) is 8.78 Å². The zero-order chi connectivity index (χ0) is 21.9. The van der Waals surface area contributed by atoms with Gasteiger partial charge in [-0.25, -0.2) is 0 Å². The number of hydrogen-bond donors (Lipinski definition) is 2. The zero-order valence-corrected chi connectivity index (χ0v) is 17.5. The topological polar surface area (TPSA) is 73.3 Å². The molecule has 0 aliphatic carbocycles. The monoisotopic (exact) mass is 423 g/mol. The number of halogens is 2. The lowest BCUT2D eigenvalue weighted by atomic mass is 10.1. The summed E-state index contributed by atoms with van der Waals surface area (Å²) in [5.74, 6) is 2.18. The molecule has 0 unspecified atom stereocenters. The summed E-state index contributed by atoms with van der Waals surface area (Å²) in [6.07, 6.45) is 0.746. The minimum atomic E-state index is -2.92. The molecule has 7 nitrogen and oxygen atoms in total. The van der Waals surface area contributed by atoms with Crippen LogP contribution in [0.25, 0.3) is 0 Å². The first kappa shape index (κ1) is 23.1. The molecule has 9 heteroatoms. The number of alkyl halides is 2. The van der Waals surface area contributed by atoms with Gasteiger partial charge in [-0.1, -0.05) is 12.1 Å². The van der Waals surface area contributed by atoms with Crippen molar-refractivity contribution in [2.24, 2.45) is 4.99 Å². The third-order valence-corrected chi connectivity index (χ3v) is 4.28. The van der Waals surface area contributed by atoms with Gasteiger partial charge in [0.15, 0.2) is 29.0 Å². The lowest BCUT2D eigenvalue weighted by molar-refractivity contribution is -0.0512. The van der Waals surface area contributed by atoms with Crippen LogP contribution >= 0.6 is 0 Å². The fourth-order valence-electron chi connectivity index (χ4n) is 2.79. The van der Waals surface area contributed by atoms with Gasteiger partial charge < -0.3 is 29.6 Å². The number of hydrogen-bond acceptors (Lipinski definition) is 5. The first-order chi connectivity index (χ1) is 14.5. The van der Waals surface area contributed by atoms with Crippen molar-refractivity contribution < 1.29 is 27.7 Å². The summed E-state index contributed by atoms with van der Waals surface area (Å²) in [5.41, 5.74) is 1.83. The fourth-order valence-corrected chi connectivity index (χ4v) is 2.79. The standard InChI is InChI=1S/C21H27F2N3O4/c1-24-21(25-10-9-14-5-7-16(27-2)18(11-14)29-4)26-13-15-6-8-17(28-3)19(12-15)30-20(22)23/h5-8,11-12,20H,9-10,13H2,1-4H3,(H2,24,25,26). The van der Waals surface area contributed by atoms with E-state index in [2.05, 4.69) is 20.4 Å². The molecule has 0 aromatic heterocycles. The third kappa shape index (κ3) is 6.68. The Labute approximate surface area is 175 Å². The average Bonchev–Trinajstić information content (AvgIpc) is 2.75. The minimum Gasteiger partial charge on any atom is -0.493 e. The first-order valence-corrected chi connectivity index (χ1v) is 9.27. The molecule has 0 aliphatic rings. The summed E-state index contributed by atoms with van der Waals surface area (Å²) in [6, 6.07) is 10.6. The molecule has 0 fully saturated rings. The highest BCUT2D eigenvalue weighted by molar-refractivity contribution is 5.79. The molecule has 0 amide bonds. The van der Waals surface area contributed by atoms with Crippen LogP contribution in [0.4, 0.5) is 8.78 Å². The molecule has 0 saturated heterocycles. The molecule has 0 bridgehead atoms. The number of nitrogens with one attached hydrogen (secondary N) is 2. The molecule has 164 valence electrons. The summed E-state index contributed by atoms with van der Waals surface area (Å²) >= 11 is 0. The molecule has 2 aromatic carbocycles. The van der Waals surface area contributed by atoms with E-state index in [4.69, 9.17) is 14.2 Å². The molecular formula is C21H27F2N3O4. The Morgan fingerprint density at radius 3 is 2.07 bits per heavy atom. The maximum Gasteiger partial charge on any atom is 0.387 e. The molecule has 2 aromatic rings. The van der Waals surface area contributed by atoms with E-state index in [9.17, 15) is 8.78 Å². The molecule has 0 atom stereocenters. The highest BCUT2D eigenvalue weighted by Crippen LogP contribution is 2.29. The predicted molar refractivity (Wildman–Crippen MR) is 111 cm³/mol. The molecule has 0 spiro atoms. The Morgan fingerprint density at radius 1 is 0.867 bits per heavy atom. The molecular weight excluding hydrogens is 396 g/mol. The van der Waals surface area contributed by atoms with Crippen molar-refractivity contribution in [2.45, 2.75) is 19.6 Å². The van der Waals surface area contributed by atoms with E-state index in [-0.39, 0.29) is 11.5 Å². The van der Waals surface area contributed by atoms with Crippen LogP contribution in [0, 0.1) is 0 Å². The van der Waals surface area contributed by atoms with Crippen LogP contribution in [0.1, 0.15) is 11.1 Å². The smallest absolute Gasteiger partial charge is 0.387 e. The van der Waals surface area contributed by atoms with Gasteiger partial charge in [-0.3, -0.25) is 4.99 Å². The molecule has 30 heavy (non-hydrogen) atoms. The lowest BCUT2D eigenvalue weighted by Gasteiger charge is -2.14. The van der Waals surface area contributed by atoms with E-state index < -0.39 is 6.61 Å². The molecule has 0 heterocycles.